The van der Waals surface area contributed by atoms with E-state index in [9.17, 15) is 0 Å². The first-order chi connectivity index (χ1) is 4.33. The third-order valence-electron chi connectivity index (χ3n) is 2.06. The molecule has 1 saturated carbocycles. The third-order valence-corrected chi connectivity index (χ3v) is 2.06. The molecule has 0 spiro atoms. The third kappa shape index (κ3) is 2.69. The molecule has 0 amide bonds. The molecule has 0 saturated heterocycles. The smallest absolute Gasteiger partial charge is 0.0259 e. The van der Waals surface area contributed by atoms with Gasteiger partial charge in [-0.2, -0.15) is 0 Å². The maximum Gasteiger partial charge on any atom is -0.0259 e. The fourth-order valence-corrected chi connectivity index (χ4v) is 1.00. The van der Waals surface area contributed by atoms with Gasteiger partial charge in [0.15, 0.2) is 0 Å². The molecule has 0 N–H and O–H groups in total. The van der Waals surface area contributed by atoms with Gasteiger partial charge in [-0.25, -0.2) is 0 Å². The minimum Gasteiger partial charge on any atom is -0.0817 e. The van der Waals surface area contributed by atoms with Gasteiger partial charge in [0, 0.05) is 0 Å². The molecule has 1 aliphatic carbocycles. The standard InChI is InChI=1S/C9H15/c1-3-8(2)4-5-9-6-7-9/h1,3,8-9H,4-7H2,2H3. The van der Waals surface area contributed by atoms with Crippen LogP contribution >= 0.6 is 0 Å². The Morgan fingerprint density at radius 2 is 2.33 bits per heavy atom. The Balaban J connectivity index is 1.95. The monoisotopic (exact) mass is 123 g/mol. The molecule has 1 unspecified atom stereocenters. The van der Waals surface area contributed by atoms with Gasteiger partial charge in [0.1, 0.15) is 0 Å². The Bertz CT molecular complexity index is 90.2. The van der Waals surface area contributed by atoms with Crippen molar-refractivity contribution in [1.29, 1.82) is 0 Å². The molecular formula is C9H15. The fraction of sp³-hybridized carbons (Fsp3) is 0.778. The van der Waals surface area contributed by atoms with Crippen molar-refractivity contribution in [3.05, 3.63) is 12.7 Å². The number of allylic oxidation sites excluding steroid dienone is 1. The van der Waals surface area contributed by atoms with Crippen molar-refractivity contribution in [3.63, 3.8) is 0 Å². The summed E-state index contributed by atoms with van der Waals surface area (Å²) in [5, 5.41) is 0. The summed E-state index contributed by atoms with van der Waals surface area (Å²) in [7, 11) is 0. The van der Waals surface area contributed by atoms with Gasteiger partial charge in [-0.05, 0) is 24.7 Å². The minimum atomic E-state index is 0.630. The Hall–Kier alpha value is -0.260. The Morgan fingerprint density at radius 1 is 1.67 bits per heavy atom. The molecule has 0 aliphatic heterocycles. The van der Waals surface area contributed by atoms with Crippen LogP contribution < -0.4 is 0 Å². The van der Waals surface area contributed by atoms with Crippen LogP contribution in [0.25, 0.3) is 0 Å². The molecule has 0 heterocycles. The highest BCUT2D eigenvalue weighted by Crippen LogP contribution is 2.34. The van der Waals surface area contributed by atoms with Gasteiger partial charge >= 0.3 is 0 Å². The highest BCUT2D eigenvalue weighted by atomic mass is 14.3. The van der Waals surface area contributed by atoms with Crippen LogP contribution in [0.3, 0.4) is 0 Å². The van der Waals surface area contributed by atoms with Gasteiger partial charge < -0.3 is 0 Å². The maximum atomic E-state index is 5.35. The lowest BCUT2D eigenvalue weighted by molar-refractivity contribution is 0.570. The fourth-order valence-electron chi connectivity index (χ4n) is 1.00. The van der Waals surface area contributed by atoms with E-state index in [1.165, 1.54) is 25.7 Å². The Morgan fingerprint density at radius 3 is 2.78 bits per heavy atom. The highest BCUT2D eigenvalue weighted by molar-refractivity contribution is 4.78. The van der Waals surface area contributed by atoms with E-state index in [2.05, 4.69) is 6.92 Å². The van der Waals surface area contributed by atoms with E-state index in [1.807, 2.05) is 6.08 Å². The van der Waals surface area contributed by atoms with Gasteiger partial charge in [-0.1, -0.05) is 32.4 Å². The topological polar surface area (TPSA) is 0 Å². The van der Waals surface area contributed by atoms with Crippen molar-refractivity contribution < 1.29 is 0 Å². The average molecular weight is 123 g/mol. The second-order valence-electron chi connectivity index (χ2n) is 3.19. The van der Waals surface area contributed by atoms with E-state index in [0.29, 0.717) is 5.92 Å². The molecule has 0 aromatic rings. The summed E-state index contributed by atoms with van der Waals surface area (Å²) in [6.45, 7) is 7.54. The van der Waals surface area contributed by atoms with Crippen LogP contribution in [0.5, 0.6) is 0 Å². The molecule has 1 rings (SSSR count). The summed E-state index contributed by atoms with van der Waals surface area (Å²) >= 11 is 0. The molecule has 0 heteroatoms. The van der Waals surface area contributed by atoms with Gasteiger partial charge in [0.05, 0.1) is 0 Å². The summed E-state index contributed by atoms with van der Waals surface area (Å²) in [5.74, 6) is 1.69. The lowest BCUT2D eigenvalue weighted by Gasteiger charge is -2.01. The Labute approximate surface area is 58.0 Å². The zero-order valence-corrected chi connectivity index (χ0v) is 6.14. The summed E-state index contributed by atoms with van der Waals surface area (Å²) in [5.41, 5.74) is 0. The van der Waals surface area contributed by atoms with E-state index >= 15 is 0 Å². The summed E-state index contributed by atoms with van der Waals surface area (Å²) in [6, 6.07) is 0. The van der Waals surface area contributed by atoms with Crippen molar-refractivity contribution in [2.24, 2.45) is 11.8 Å². The average Bonchev–Trinajstić information content (AvgIpc) is 2.65. The molecule has 0 nitrogen and oxygen atoms in total. The molecule has 51 valence electrons. The molecule has 0 aromatic carbocycles. The van der Waals surface area contributed by atoms with E-state index < -0.39 is 0 Å². The number of hydrogen-bond acceptors (Lipinski definition) is 0. The van der Waals surface area contributed by atoms with Crippen molar-refractivity contribution in [2.75, 3.05) is 0 Å². The van der Waals surface area contributed by atoms with Crippen LogP contribution in [0.4, 0.5) is 0 Å². The quantitative estimate of drug-likeness (QED) is 0.539. The van der Waals surface area contributed by atoms with Gasteiger partial charge in [0.2, 0.25) is 0 Å². The zero-order chi connectivity index (χ0) is 6.69. The van der Waals surface area contributed by atoms with Crippen molar-refractivity contribution in [2.45, 2.75) is 32.6 Å². The summed E-state index contributed by atoms with van der Waals surface area (Å²) in [6.07, 6.45) is 7.44. The predicted octanol–water partition coefficient (Wildman–Crippen LogP) is 2.80. The van der Waals surface area contributed by atoms with Crippen molar-refractivity contribution in [1.82, 2.24) is 0 Å². The van der Waals surface area contributed by atoms with E-state index in [1.54, 1.807) is 0 Å². The predicted molar refractivity (Wildman–Crippen MR) is 40.0 cm³/mol. The maximum absolute atomic E-state index is 5.35. The number of rotatable bonds is 4. The molecule has 9 heavy (non-hydrogen) atoms. The van der Waals surface area contributed by atoms with Crippen LogP contribution in [0.2, 0.25) is 0 Å². The molecule has 1 aliphatic rings. The first-order valence-electron chi connectivity index (χ1n) is 3.88. The van der Waals surface area contributed by atoms with Gasteiger partial charge in [-0.15, -0.1) is 0 Å². The van der Waals surface area contributed by atoms with E-state index in [4.69, 9.17) is 6.58 Å². The minimum absolute atomic E-state index is 0.630. The van der Waals surface area contributed by atoms with Crippen molar-refractivity contribution >= 4 is 0 Å². The largest absolute Gasteiger partial charge is 0.0817 e. The van der Waals surface area contributed by atoms with Crippen molar-refractivity contribution in [3.8, 4) is 0 Å². The molecule has 1 radical (unpaired) electrons. The van der Waals surface area contributed by atoms with Crippen LogP contribution in [0.15, 0.2) is 6.08 Å². The second-order valence-corrected chi connectivity index (χ2v) is 3.19. The summed E-state index contributed by atoms with van der Waals surface area (Å²) in [4.78, 5) is 0. The second kappa shape index (κ2) is 3.05. The van der Waals surface area contributed by atoms with Crippen LogP contribution in [0.1, 0.15) is 32.6 Å². The zero-order valence-electron chi connectivity index (χ0n) is 6.14. The van der Waals surface area contributed by atoms with Gasteiger partial charge in [0.25, 0.3) is 0 Å². The van der Waals surface area contributed by atoms with Crippen LogP contribution in [-0.2, 0) is 0 Å². The number of hydrogen-bond donors (Lipinski definition) is 0. The molecule has 0 bridgehead atoms. The van der Waals surface area contributed by atoms with E-state index in [0.717, 1.165) is 5.92 Å². The first-order valence-corrected chi connectivity index (χ1v) is 3.88. The Kier molecular flexibility index (Phi) is 2.32. The molecule has 1 atom stereocenters. The lowest BCUT2D eigenvalue weighted by Crippen LogP contribution is -1.88. The molecule has 0 aromatic heterocycles. The van der Waals surface area contributed by atoms with E-state index in [-0.39, 0.29) is 0 Å². The lowest BCUT2D eigenvalue weighted by atomic mass is 10.0. The van der Waals surface area contributed by atoms with Crippen LogP contribution in [0, 0.1) is 18.4 Å². The summed E-state index contributed by atoms with van der Waals surface area (Å²) < 4.78 is 0. The SMILES string of the molecule is [CH]=CC(C)CCC1CC1. The van der Waals surface area contributed by atoms with Crippen LogP contribution in [-0.4, -0.2) is 0 Å². The normalized spacial score (nSPS) is 21.4. The first kappa shape index (κ1) is 6.85. The molecule has 1 fully saturated rings. The van der Waals surface area contributed by atoms with Gasteiger partial charge in [-0.3, -0.25) is 0 Å². The molecular weight excluding hydrogens is 108 g/mol. The highest BCUT2D eigenvalue weighted by Gasteiger charge is 2.20.